The third-order valence-electron chi connectivity index (χ3n) is 4.75. The first kappa shape index (κ1) is 19.7. The zero-order valence-corrected chi connectivity index (χ0v) is 15.3. The van der Waals surface area contributed by atoms with Crippen molar-refractivity contribution in [3.8, 4) is 22.6 Å². The highest BCUT2D eigenvalue weighted by Crippen LogP contribution is 2.34. The van der Waals surface area contributed by atoms with Crippen molar-refractivity contribution in [1.82, 2.24) is 9.55 Å². The molecule has 8 heteroatoms. The molecule has 5 nitrogen and oxygen atoms in total. The zero-order valence-electron chi connectivity index (χ0n) is 15.3. The predicted octanol–water partition coefficient (Wildman–Crippen LogP) is 4.35. The van der Waals surface area contributed by atoms with E-state index in [4.69, 9.17) is 0 Å². The fourth-order valence-corrected chi connectivity index (χ4v) is 3.31. The quantitative estimate of drug-likeness (QED) is 0.525. The summed E-state index contributed by atoms with van der Waals surface area (Å²) in [6.07, 6.45) is -3.65. The number of alkyl halides is 3. The fraction of sp³-hybridized carbons (Fsp3) is 0.0909. The molecular weight excluding hydrogens is 397 g/mol. The lowest BCUT2D eigenvalue weighted by Gasteiger charge is -2.21. The van der Waals surface area contributed by atoms with Crippen molar-refractivity contribution in [1.29, 1.82) is 0 Å². The Labute approximate surface area is 168 Å². The molecule has 0 amide bonds. The van der Waals surface area contributed by atoms with Gasteiger partial charge in [-0.25, -0.2) is 0 Å². The summed E-state index contributed by atoms with van der Waals surface area (Å²) in [6, 6.07) is 14.6. The first-order chi connectivity index (χ1) is 14.3. The number of benzene rings is 2. The monoisotopic (exact) mass is 412 g/mol. The van der Waals surface area contributed by atoms with Gasteiger partial charge in [-0.3, -0.25) is 9.78 Å². The van der Waals surface area contributed by atoms with E-state index >= 15 is 0 Å². The van der Waals surface area contributed by atoms with Gasteiger partial charge in [0.2, 0.25) is 5.43 Å². The van der Waals surface area contributed by atoms with Crippen LogP contribution in [0, 0.1) is 0 Å². The van der Waals surface area contributed by atoms with Crippen molar-refractivity contribution < 1.29 is 23.4 Å². The molecule has 1 atom stereocenters. The van der Waals surface area contributed by atoms with Crippen molar-refractivity contribution in [3.63, 3.8) is 0 Å². The van der Waals surface area contributed by atoms with Crippen LogP contribution in [-0.4, -0.2) is 25.9 Å². The Morgan fingerprint density at radius 1 is 1.00 bits per heavy atom. The molecule has 30 heavy (non-hydrogen) atoms. The SMILES string of the molecule is O=c1cc(C(O)C(F)(F)F)n(-c2cccc(-c3cncc4ccccc34)c2)cc1O. The number of fused-ring (bicyclic) bond motifs is 1. The molecule has 4 aromatic rings. The Morgan fingerprint density at radius 2 is 1.77 bits per heavy atom. The molecule has 0 aliphatic rings. The van der Waals surface area contributed by atoms with Gasteiger partial charge in [-0.15, -0.1) is 0 Å². The summed E-state index contributed by atoms with van der Waals surface area (Å²) in [7, 11) is 0. The molecule has 2 heterocycles. The Bertz CT molecular complexity index is 1290. The minimum absolute atomic E-state index is 0.231. The molecule has 0 saturated heterocycles. The zero-order chi connectivity index (χ0) is 21.5. The molecular formula is C22H15F3N2O3. The molecule has 2 aromatic carbocycles. The smallest absolute Gasteiger partial charge is 0.420 e. The topological polar surface area (TPSA) is 75.3 Å². The molecule has 0 radical (unpaired) electrons. The van der Waals surface area contributed by atoms with E-state index in [1.165, 1.54) is 6.07 Å². The van der Waals surface area contributed by atoms with Crippen LogP contribution in [0.5, 0.6) is 5.75 Å². The molecule has 0 aliphatic carbocycles. The summed E-state index contributed by atoms with van der Waals surface area (Å²) in [5.41, 5.74) is -0.0490. The predicted molar refractivity (Wildman–Crippen MR) is 105 cm³/mol. The molecule has 0 fully saturated rings. The van der Waals surface area contributed by atoms with Crippen molar-refractivity contribution in [2.24, 2.45) is 0 Å². The van der Waals surface area contributed by atoms with Crippen LogP contribution < -0.4 is 5.43 Å². The van der Waals surface area contributed by atoms with Crippen LogP contribution in [0.15, 0.2) is 78.0 Å². The summed E-state index contributed by atoms with van der Waals surface area (Å²) in [6.45, 7) is 0. The van der Waals surface area contributed by atoms with Crippen LogP contribution in [0.25, 0.3) is 27.6 Å². The summed E-state index contributed by atoms with van der Waals surface area (Å²) in [4.78, 5) is 16.0. The minimum Gasteiger partial charge on any atom is -0.503 e. The molecule has 152 valence electrons. The maximum absolute atomic E-state index is 13.1. The van der Waals surface area contributed by atoms with Gasteiger partial charge in [0.05, 0.1) is 11.9 Å². The first-order valence-corrected chi connectivity index (χ1v) is 8.89. The lowest BCUT2D eigenvalue weighted by atomic mass is 10.0. The maximum atomic E-state index is 13.1. The van der Waals surface area contributed by atoms with Gasteiger partial charge in [0.15, 0.2) is 11.9 Å². The van der Waals surface area contributed by atoms with Gasteiger partial charge in [-0.2, -0.15) is 13.2 Å². The van der Waals surface area contributed by atoms with Crippen LogP contribution in [0.3, 0.4) is 0 Å². The highest BCUT2D eigenvalue weighted by Gasteiger charge is 2.41. The second-order valence-electron chi connectivity index (χ2n) is 6.72. The Balaban J connectivity index is 1.91. The number of aromatic hydroxyl groups is 1. The third kappa shape index (κ3) is 3.53. The van der Waals surface area contributed by atoms with Gasteiger partial charge in [-0.05, 0) is 23.1 Å². The summed E-state index contributed by atoms with van der Waals surface area (Å²) in [5.74, 6) is -0.731. The van der Waals surface area contributed by atoms with Crippen LogP contribution >= 0.6 is 0 Å². The number of hydrogen-bond donors (Lipinski definition) is 2. The minimum atomic E-state index is -4.98. The van der Waals surface area contributed by atoms with Gasteiger partial charge in [-0.1, -0.05) is 36.4 Å². The highest BCUT2D eigenvalue weighted by atomic mass is 19.4. The van der Waals surface area contributed by atoms with Gasteiger partial charge in [0, 0.05) is 35.1 Å². The Kier molecular flexibility index (Phi) is 4.79. The van der Waals surface area contributed by atoms with E-state index < -0.39 is 29.2 Å². The normalized spacial score (nSPS) is 12.8. The number of halogens is 3. The third-order valence-corrected chi connectivity index (χ3v) is 4.75. The summed E-state index contributed by atoms with van der Waals surface area (Å²) in [5, 5.41) is 21.4. The molecule has 0 saturated carbocycles. The number of aromatic nitrogens is 2. The summed E-state index contributed by atoms with van der Waals surface area (Å²) < 4.78 is 40.4. The van der Waals surface area contributed by atoms with E-state index in [-0.39, 0.29) is 5.69 Å². The van der Waals surface area contributed by atoms with Crippen LogP contribution in [0.4, 0.5) is 13.2 Å². The Hall–Kier alpha value is -3.65. The lowest BCUT2D eigenvalue weighted by molar-refractivity contribution is -0.208. The van der Waals surface area contributed by atoms with Crippen molar-refractivity contribution in [2.75, 3.05) is 0 Å². The second kappa shape index (κ2) is 7.31. The molecule has 0 aliphatic heterocycles. The van der Waals surface area contributed by atoms with Gasteiger partial charge in [0.25, 0.3) is 0 Å². The number of hydrogen-bond acceptors (Lipinski definition) is 4. The molecule has 1 unspecified atom stereocenters. The largest absolute Gasteiger partial charge is 0.503 e. The lowest BCUT2D eigenvalue weighted by Crippen LogP contribution is -2.25. The maximum Gasteiger partial charge on any atom is 0.420 e. The number of aliphatic hydroxyl groups is 1. The van der Waals surface area contributed by atoms with Crippen LogP contribution in [0.2, 0.25) is 0 Å². The van der Waals surface area contributed by atoms with E-state index in [0.29, 0.717) is 11.6 Å². The first-order valence-electron chi connectivity index (χ1n) is 8.89. The van der Waals surface area contributed by atoms with E-state index in [1.807, 2.05) is 24.3 Å². The van der Waals surface area contributed by atoms with Crippen LogP contribution in [-0.2, 0) is 0 Å². The molecule has 2 aromatic heterocycles. The molecule has 0 bridgehead atoms. The van der Waals surface area contributed by atoms with Gasteiger partial charge >= 0.3 is 6.18 Å². The number of aliphatic hydroxyl groups excluding tert-OH is 1. The average Bonchev–Trinajstić information content (AvgIpc) is 2.74. The van der Waals surface area contributed by atoms with E-state index in [2.05, 4.69) is 4.98 Å². The van der Waals surface area contributed by atoms with Gasteiger partial charge < -0.3 is 14.8 Å². The molecule has 4 rings (SSSR count). The van der Waals surface area contributed by atoms with E-state index in [1.54, 1.807) is 30.6 Å². The van der Waals surface area contributed by atoms with E-state index in [0.717, 1.165) is 27.1 Å². The number of pyridine rings is 2. The van der Waals surface area contributed by atoms with E-state index in [9.17, 15) is 28.2 Å². The standard InChI is InChI=1S/C22H15F3N2O3/c23-22(24,25)21(30)18-9-19(28)20(29)12-27(18)15-6-3-5-13(8-15)17-11-26-10-14-4-1-2-7-16(14)17/h1-12,21,29-30H. The molecule has 0 spiro atoms. The number of nitrogens with zero attached hydrogens (tertiary/aromatic N) is 2. The Morgan fingerprint density at radius 3 is 2.53 bits per heavy atom. The second-order valence-corrected chi connectivity index (χ2v) is 6.72. The molecule has 2 N–H and O–H groups in total. The van der Waals surface area contributed by atoms with Crippen molar-refractivity contribution >= 4 is 10.8 Å². The summed E-state index contributed by atoms with van der Waals surface area (Å²) >= 11 is 0. The van der Waals surface area contributed by atoms with Gasteiger partial charge in [0.1, 0.15) is 0 Å². The van der Waals surface area contributed by atoms with Crippen molar-refractivity contribution in [3.05, 3.63) is 89.1 Å². The van der Waals surface area contributed by atoms with Crippen molar-refractivity contribution in [2.45, 2.75) is 12.3 Å². The van der Waals surface area contributed by atoms with Crippen LogP contribution in [0.1, 0.15) is 11.8 Å². The fourth-order valence-electron chi connectivity index (χ4n) is 3.31. The highest BCUT2D eigenvalue weighted by molar-refractivity contribution is 5.95. The number of rotatable bonds is 3. The average molecular weight is 412 g/mol.